The first-order valence-corrected chi connectivity index (χ1v) is 9.77. The Morgan fingerprint density at radius 1 is 1.23 bits per heavy atom. The molecule has 0 fully saturated rings. The zero-order valence-corrected chi connectivity index (χ0v) is 16.6. The zero-order chi connectivity index (χ0) is 19.5. The second-order valence-electron chi connectivity index (χ2n) is 7.35. The SMILES string of the molecule is Cc1ccc(S(=O)(=O)NC(C)(C)C)cc1C(=O)N(C)Cc1cccnc1. The lowest BCUT2D eigenvalue weighted by molar-refractivity contribution is 0.0784. The minimum Gasteiger partial charge on any atom is -0.337 e. The Morgan fingerprint density at radius 2 is 1.92 bits per heavy atom. The van der Waals surface area contributed by atoms with Crippen molar-refractivity contribution >= 4 is 15.9 Å². The Kier molecular flexibility index (Phi) is 5.83. The topological polar surface area (TPSA) is 79.4 Å². The van der Waals surface area contributed by atoms with Gasteiger partial charge in [-0.15, -0.1) is 0 Å². The summed E-state index contributed by atoms with van der Waals surface area (Å²) in [7, 11) is -2.02. The van der Waals surface area contributed by atoms with Crippen LogP contribution in [-0.2, 0) is 16.6 Å². The molecule has 2 rings (SSSR count). The molecule has 1 amide bonds. The molecule has 1 aromatic carbocycles. The van der Waals surface area contributed by atoms with E-state index in [9.17, 15) is 13.2 Å². The Labute approximate surface area is 155 Å². The molecule has 0 radical (unpaired) electrons. The Morgan fingerprint density at radius 3 is 2.50 bits per heavy atom. The highest BCUT2D eigenvalue weighted by atomic mass is 32.2. The molecule has 1 aromatic heterocycles. The van der Waals surface area contributed by atoms with Crippen molar-refractivity contribution in [1.29, 1.82) is 0 Å². The number of nitrogens with one attached hydrogen (secondary N) is 1. The minimum absolute atomic E-state index is 0.0798. The van der Waals surface area contributed by atoms with E-state index in [1.165, 1.54) is 12.1 Å². The van der Waals surface area contributed by atoms with Gasteiger partial charge in [-0.2, -0.15) is 0 Å². The number of nitrogens with zero attached hydrogens (tertiary/aromatic N) is 2. The van der Waals surface area contributed by atoms with Crippen LogP contribution in [-0.4, -0.2) is 36.8 Å². The van der Waals surface area contributed by atoms with Crippen LogP contribution in [0.3, 0.4) is 0 Å². The number of hydrogen-bond acceptors (Lipinski definition) is 4. The quantitative estimate of drug-likeness (QED) is 0.871. The van der Waals surface area contributed by atoms with E-state index in [1.807, 2.05) is 12.1 Å². The van der Waals surface area contributed by atoms with Crippen LogP contribution in [0.4, 0.5) is 0 Å². The van der Waals surface area contributed by atoms with Gasteiger partial charge in [0.1, 0.15) is 0 Å². The molecule has 26 heavy (non-hydrogen) atoms. The molecule has 1 N–H and O–H groups in total. The van der Waals surface area contributed by atoms with Crippen molar-refractivity contribution < 1.29 is 13.2 Å². The molecular formula is C19H25N3O3S. The highest BCUT2D eigenvalue weighted by Crippen LogP contribution is 2.19. The molecule has 2 aromatic rings. The van der Waals surface area contributed by atoms with Crippen LogP contribution < -0.4 is 4.72 Å². The Hall–Kier alpha value is -2.25. The summed E-state index contributed by atoms with van der Waals surface area (Å²) in [5.74, 6) is -0.237. The number of carbonyl (C=O) groups excluding carboxylic acids is 1. The number of pyridine rings is 1. The van der Waals surface area contributed by atoms with Crippen molar-refractivity contribution in [2.24, 2.45) is 0 Å². The van der Waals surface area contributed by atoms with Gasteiger partial charge < -0.3 is 4.90 Å². The fraction of sp³-hybridized carbons (Fsp3) is 0.368. The normalized spacial score (nSPS) is 12.0. The standard InChI is InChI=1S/C19H25N3O3S/c1-14-8-9-16(26(24,25)21-19(2,3)4)11-17(14)18(23)22(5)13-15-7-6-10-20-12-15/h6-12,21H,13H2,1-5H3. The van der Waals surface area contributed by atoms with Gasteiger partial charge in [0.05, 0.1) is 4.90 Å². The van der Waals surface area contributed by atoms with Crippen LogP contribution in [0, 0.1) is 6.92 Å². The molecule has 6 nitrogen and oxygen atoms in total. The van der Waals surface area contributed by atoms with E-state index >= 15 is 0 Å². The van der Waals surface area contributed by atoms with Gasteiger partial charge in [-0.25, -0.2) is 13.1 Å². The summed E-state index contributed by atoms with van der Waals surface area (Å²) >= 11 is 0. The van der Waals surface area contributed by atoms with Crippen molar-refractivity contribution in [3.63, 3.8) is 0 Å². The largest absolute Gasteiger partial charge is 0.337 e. The smallest absolute Gasteiger partial charge is 0.254 e. The Balaban J connectivity index is 2.30. The number of sulfonamides is 1. The molecule has 0 spiro atoms. The second-order valence-corrected chi connectivity index (χ2v) is 9.04. The average Bonchev–Trinajstić information content (AvgIpc) is 2.53. The summed E-state index contributed by atoms with van der Waals surface area (Å²) in [6.07, 6.45) is 3.37. The average molecular weight is 375 g/mol. The summed E-state index contributed by atoms with van der Waals surface area (Å²) in [6, 6.07) is 8.30. The molecule has 0 atom stereocenters. The lowest BCUT2D eigenvalue weighted by Gasteiger charge is -2.22. The summed E-state index contributed by atoms with van der Waals surface area (Å²) < 4.78 is 27.7. The van der Waals surface area contributed by atoms with E-state index in [-0.39, 0.29) is 10.8 Å². The number of hydrogen-bond donors (Lipinski definition) is 1. The molecule has 0 aliphatic rings. The number of rotatable bonds is 5. The lowest BCUT2D eigenvalue weighted by Crippen LogP contribution is -2.40. The number of aryl methyl sites for hydroxylation is 1. The third kappa shape index (κ3) is 5.12. The van der Waals surface area contributed by atoms with Crippen LogP contribution in [0.2, 0.25) is 0 Å². The lowest BCUT2D eigenvalue weighted by atomic mass is 10.1. The van der Waals surface area contributed by atoms with Gasteiger partial charge in [-0.3, -0.25) is 9.78 Å². The molecule has 0 saturated carbocycles. The molecule has 0 aliphatic carbocycles. The maximum absolute atomic E-state index is 12.8. The molecule has 140 valence electrons. The maximum Gasteiger partial charge on any atom is 0.254 e. The highest BCUT2D eigenvalue weighted by molar-refractivity contribution is 7.89. The van der Waals surface area contributed by atoms with E-state index < -0.39 is 15.6 Å². The van der Waals surface area contributed by atoms with Gasteiger partial charge >= 0.3 is 0 Å². The predicted octanol–water partition coefficient (Wildman–Crippen LogP) is 2.74. The van der Waals surface area contributed by atoms with Gasteiger partial charge in [0.2, 0.25) is 10.0 Å². The molecule has 7 heteroatoms. The summed E-state index contributed by atoms with van der Waals surface area (Å²) in [6.45, 7) is 7.49. The summed E-state index contributed by atoms with van der Waals surface area (Å²) in [5.41, 5.74) is 1.39. The van der Waals surface area contributed by atoms with Crippen molar-refractivity contribution in [3.8, 4) is 0 Å². The maximum atomic E-state index is 12.8. The first-order chi connectivity index (χ1) is 12.0. The van der Waals surface area contributed by atoms with Gasteiger partial charge in [0.25, 0.3) is 5.91 Å². The third-order valence-corrected chi connectivity index (χ3v) is 5.44. The highest BCUT2D eigenvalue weighted by Gasteiger charge is 2.24. The minimum atomic E-state index is -3.71. The van der Waals surface area contributed by atoms with Crippen LogP contribution in [0.15, 0.2) is 47.6 Å². The first-order valence-electron chi connectivity index (χ1n) is 8.28. The molecule has 0 bridgehead atoms. The van der Waals surface area contributed by atoms with Gasteiger partial charge in [0, 0.05) is 37.1 Å². The third-order valence-electron chi connectivity index (χ3n) is 3.68. The van der Waals surface area contributed by atoms with Crippen molar-refractivity contribution in [2.75, 3.05) is 7.05 Å². The van der Waals surface area contributed by atoms with Crippen LogP contribution in [0.25, 0.3) is 0 Å². The summed E-state index contributed by atoms with van der Waals surface area (Å²) in [4.78, 5) is 18.5. The van der Waals surface area contributed by atoms with Crippen molar-refractivity contribution in [1.82, 2.24) is 14.6 Å². The zero-order valence-electron chi connectivity index (χ0n) is 15.8. The number of benzene rings is 1. The second kappa shape index (κ2) is 7.55. The molecule has 0 unspecified atom stereocenters. The molecular weight excluding hydrogens is 350 g/mol. The molecule has 1 heterocycles. The number of amides is 1. The first kappa shape index (κ1) is 20.1. The van der Waals surface area contributed by atoms with Crippen molar-refractivity contribution in [2.45, 2.75) is 44.7 Å². The fourth-order valence-electron chi connectivity index (χ4n) is 2.50. The number of aromatic nitrogens is 1. The Bertz CT molecular complexity index is 888. The van der Waals surface area contributed by atoms with E-state index in [0.29, 0.717) is 12.1 Å². The van der Waals surface area contributed by atoms with Crippen LogP contribution in [0.5, 0.6) is 0 Å². The predicted molar refractivity (Wildman–Crippen MR) is 101 cm³/mol. The van der Waals surface area contributed by atoms with E-state index in [1.54, 1.807) is 58.1 Å². The van der Waals surface area contributed by atoms with Crippen molar-refractivity contribution in [3.05, 3.63) is 59.4 Å². The van der Waals surface area contributed by atoms with E-state index in [4.69, 9.17) is 0 Å². The van der Waals surface area contributed by atoms with E-state index in [0.717, 1.165) is 11.1 Å². The monoisotopic (exact) mass is 375 g/mol. The fourth-order valence-corrected chi connectivity index (χ4v) is 3.95. The van der Waals surface area contributed by atoms with Gasteiger partial charge in [-0.1, -0.05) is 12.1 Å². The molecule has 0 aliphatic heterocycles. The number of carbonyl (C=O) groups is 1. The summed E-state index contributed by atoms with van der Waals surface area (Å²) in [5, 5.41) is 0. The van der Waals surface area contributed by atoms with Gasteiger partial charge in [0.15, 0.2) is 0 Å². The van der Waals surface area contributed by atoms with Crippen LogP contribution in [0.1, 0.15) is 42.3 Å². The van der Waals surface area contributed by atoms with E-state index in [2.05, 4.69) is 9.71 Å². The molecule has 0 saturated heterocycles. The van der Waals surface area contributed by atoms with Crippen LogP contribution >= 0.6 is 0 Å². The van der Waals surface area contributed by atoms with Gasteiger partial charge in [-0.05, 0) is 57.0 Å².